The van der Waals surface area contributed by atoms with E-state index in [4.69, 9.17) is 16.3 Å². The molecule has 3 N–H and O–H groups in total. The summed E-state index contributed by atoms with van der Waals surface area (Å²) in [5.74, 6) is -0.317. The van der Waals surface area contributed by atoms with Crippen molar-refractivity contribution < 1.29 is 14.6 Å². The van der Waals surface area contributed by atoms with Gasteiger partial charge in [0.15, 0.2) is 5.15 Å². The first-order chi connectivity index (χ1) is 11.3. The third-order valence-electron chi connectivity index (χ3n) is 3.25. The average Bonchev–Trinajstić information content (AvgIpc) is 2.51. The Kier molecular flexibility index (Phi) is 5.99. The first-order valence-electron chi connectivity index (χ1n) is 7.74. The molecule has 0 atom stereocenters. The number of nitrogens with zero attached hydrogens (tertiary/aromatic N) is 1. The number of aliphatic hydroxyl groups is 1. The zero-order chi connectivity index (χ0) is 17.7. The molecule has 0 bridgehead atoms. The van der Waals surface area contributed by atoms with E-state index in [0.717, 1.165) is 5.39 Å². The van der Waals surface area contributed by atoms with E-state index in [1.54, 1.807) is 13.8 Å². The molecule has 1 aromatic carbocycles. The first kappa shape index (κ1) is 18.4. The topological polar surface area (TPSA) is 83.5 Å². The number of carbonyl (C=O) groups is 1. The molecule has 0 radical (unpaired) electrons. The molecule has 0 spiro atoms. The van der Waals surface area contributed by atoms with Crippen molar-refractivity contribution in [2.75, 3.05) is 30.4 Å². The summed E-state index contributed by atoms with van der Waals surface area (Å²) < 4.78 is 5.11. The summed E-state index contributed by atoms with van der Waals surface area (Å²) in [6.45, 7) is 5.86. The Morgan fingerprint density at radius 1 is 1.33 bits per heavy atom. The summed E-state index contributed by atoms with van der Waals surface area (Å²) in [5.41, 5.74) is 0.772. The van der Waals surface area contributed by atoms with Crippen LogP contribution < -0.4 is 10.6 Å². The van der Waals surface area contributed by atoms with Crippen LogP contribution in [0, 0.1) is 0 Å². The number of pyridine rings is 1. The van der Waals surface area contributed by atoms with E-state index in [2.05, 4.69) is 15.6 Å². The number of nitrogens with one attached hydrogen (secondary N) is 2. The molecule has 0 fully saturated rings. The molecule has 7 heteroatoms. The Hall–Kier alpha value is -1.89. The fourth-order valence-electron chi connectivity index (χ4n) is 2.15. The number of aromatic nitrogens is 1. The van der Waals surface area contributed by atoms with Gasteiger partial charge in [-0.05, 0) is 26.8 Å². The Labute approximate surface area is 146 Å². The van der Waals surface area contributed by atoms with Crippen LogP contribution >= 0.6 is 11.6 Å². The van der Waals surface area contributed by atoms with E-state index in [1.807, 2.05) is 31.2 Å². The van der Waals surface area contributed by atoms with Gasteiger partial charge in [-0.25, -0.2) is 4.98 Å². The maximum Gasteiger partial charge on any atom is 0.250 e. The number of hydrogen-bond acceptors (Lipinski definition) is 5. The largest absolute Gasteiger partial charge is 0.389 e. The molecule has 0 saturated carbocycles. The molecule has 1 amide bonds. The van der Waals surface area contributed by atoms with E-state index in [1.165, 1.54) is 0 Å². The maximum absolute atomic E-state index is 12.0. The second-order valence-corrected chi connectivity index (χ2v) is 6.38. The molecule has 6 nitrogen and oxygen atoms in total. The molecule has 24 heavy (non-hydrogen) atoms. The number of amides is 1. The summed E-state index contributed by atoms with van der Waals surface area (Å²) in [6.07, 6.45) is 0. The third kappa shape index (κ3) is 4.80. The number of halogens is 1. The predicted molar refractivity (Wildman–Crippen MR) is 96.7 cm³/mol. The van der Waals surface area contributed by atoms with Gasteiger partial charge in [0.2, 0.25) is 0 Å². The molecule has 0 aliphatic carbocycles. The van der Waals surface area contributed by atoms with Gasteiger partial charge >= 0.3 is 0 Å². The number of hydrogen-bond donors (Lipinski definition) is 3. The van der Waals surface area contributed by atoms with Crippen LogP contribution in [0.1, 0.15) is 20.8 Å². The second-order valence-electron chi connectivity index (χ2n) is 6.02. The monoisotopic (exact) mass is 351 g/mol. The highest BCUT2D eigenvalue weighted by atomic mass is 35.5. The maximum atomic E-state index is 12.0. The van der Waals surface area contributed by atoms with E-state index < -0.39 is 5.60 Å². The summed E-state index contributed by atoms with van der Waals surface area (Å²) >= 11 is 6.27. The summed E-state index contributed by atoms with van der Waals surface area (Å²) in [6, 6.07) is 7.45. The summed E-state index contributed by atoms with van der Waals surface area (Å²) in [7, 11) is 0. The number of anilines is 2. The van der Waals surface area contributed by atoms with Crippen LogP contribution in [0.2, 0.25) is 5.15 Å². The molecule has 0 unspecified atom stereocenters. The number of carbonyl (C=O) groups excluding carboxylic acids is 1. The molecule has 1 heterocycles. The van der Waals surface area contributed by atoms with Gasteiger partial charge in [-0.1, -0.05) is 29.8 Å². The lowest BCUT2D eigenvalue weighted by molar-refractivity contribution is -0.120. The molecule has 0 aliphatic rings. The molecule has 1 aromatic heterocycles. The van der Waals surface area contributed by atoms with Crippen LogP contribution in [-0.2, 0) is 9.53 Å². The highest BCUT2D eigenvalue weighted by molar-refractivity contribution is 6.34. The van der Waals surface area contributed by atoms with Gasteiger partial charge < -0.3 is 20.5 Å². The SMILES string of the molecule is CCOCC(=O)Nc1c(Cl)nc2ccccc2c1NCC(C)(C)O. The van der Waals surface area contributed by atoms with Crippen molar-refractivity contribution in [1.82, 2.24) is 4.98 Å². The number of benzene rings is 1. The highest BCUT2D eigenvalue weighted by Gasteiger charge is 2.19. The standard InChI is InChI=1S/C17H22ClN3O3/c1-4-24-9-13(22)21-15-14(19-10-17(2,3)23)11-7-5-6-8-12(11)20-16(15)18/h5-8,23H,4,9-10H2,1-3H3,(H,19,20)(H,21,22). The smallest absolute Gasteiger partial charge is 0.250 e. The first-order valence-corrected chi connectivity index (χ1v) is 8.11. The van der Waals surface area contributed by atoms with E-state index in [0.29, 0.717) is 23.5 Å². The summed E-state index contributed by atoms with van der Waals surface area (Å²) in [5, 5.41) is 16.9. The van der Waals surface area contributed by atoms with Crippen molar-refractivity contribution in [3.63, 3.8) is 0 Å². The fraction of sp³-hybridized carbons (Fsp3) is 0.412. The van der Waals surface area contributed by atoms with Gasteiger partial charge in [0.05, 0.1) is 16.8 Å². The van der Waals surface area contributed by atoms with Gasteiger partial charge in [0.1, 0.15) is 12.3 Å². The number of fused-ring (bicyclic) bond motifs is 1. The predicted octanol–water partition coefficient (Wildman–Crippen LogP) is 3.05. The molecular weight excluding hydrogens is 330 g/mol. The van der Waals surface area contributed by atoms with E-state index in [-0.39, 0.29) is 24.2 Å². The molecule has 0 saturated heterocycles. The van der Waals surface area contributed by atoms with Crippen LogP contribution in [0.15, 0.2) is 24.3 Å². The van der Waals surface area contributed by atoms with Crippen molar-refractivity contribution in [3.05, 3.63) is 29.4 Å². The van der Waals surface area contributed by atoms with Gasteiger partial charge in [-0.2, -0.15) is 0 Å². The molecule has 0 aliphatic heterocycles. The minimum Gasteiger partial charge on any atom is -0.389 e. The Bertz CT molecular complexity index is 729. The van der Waals surface area contributed by atoms with Gasteiger partial charge in [0, 0.05) is 18.5 Å². The fourth-order valence-corrected chi connectivity index (χ4v) is 2.39. The lowest BCUT2D eigenvalue weighted by Gasteiger charge is -2.22. The normalized spacial score (nSPS) is 11.5. The third-order valence-corrected chi connectivity index (χ3v) is 3.52. The van der Waals surface area contributed by atoms with Crippen LogP contribution in [0.25, 0.3) is 10.9 Å². The van der Waals surface area contributed by atoms with E-state index in [9.17, 15) is 9.90 Å². The molecular formula is C17H22ClN3O3. The van der Waals surface area contributed by atoms with Crippen LogP contribution in [-0.4, -0.2) is 41.4 Å². The minimum atomic E-state index is -0.927. The van der Waals surface area contributed by atoms with Crippen LogP contribution in [0.4, 0.5) is 11.4 Å². The zero-order valence-electron chi connectivity index (χ0n) is 14.0. The quantitative estimate of drug-likeness (QED) is 0.668. The number of rotatable bonds is 7. The average molecular weight is 352 g/mol. The van der Waals surface area contributed by atoms with Crippen molar-refractivity contribution in [2.45, 2.75) is 26.4 Å². The van der Waals surface area contributed by atoms with Gasteiger partial charge in [0.25, 0.3) is 5.91 Å². The Morgan fingerprint density at radius 3 is 2.71 bits per heavy atom. The Morgan fingerprint density at radius 2 is 2.04 bits per heavy atom. The second kappa shape index (κ2) is 7.79. The Balaban J connectivity index is 2.43. The highest BCUT2D eigenvalue weighted by Crippen LogP contribution is 2.36. The van der Waals surface area contributed by atoms with Gasteiger partial charge in [-0.3, -0.25) is 4.79 Å². The van der Waals surface area contributed by atoms with Crippen LogP contribution in [0.3, 0.4) is 0 Å². The molecule has 2 aromatic rings. The summed E-state index contributed by atoms with van der Waals surface area (Å²) in [4.78, 5) is 16.3. The molecule has 2 rings (SSSR count). The van der Waals surface area contributed by atoms with Crippen molar-refractivity contribution in [1.29, 1.82) is 0 Å². The van der Waals surface area contributed by atoms with E-state index >= 15 is 0 Å². The van der Waals surface area contributed by atoms with Crippen molar-refractivity contribution >= 4 is 39.8 Å². The van der Waals surface area contributed by atoms with Crippen molar-refractivity contribution in [3.8, 4) is 0 Å². The number of para-hydroxylation sites is 1. The van der Waals surface area contributed by atoms with Crippen LogP contribution in [0.5, 0.6) is 0 Å². The lowest BCUT2D eigenvalue weighted by Crippen LogP contribution is -2.30. The van der Waals surface area contributed by atoms with Crippen molar-refractivity contribution in [2.24, 2.45) is 0 Å². The van der Waals surface area contributed by atoms with Gasteiger partial charge in [-0.15, -0.1) is 0 Å². The minimum absolute atomic E-state index is 0.0649. The number of ether oxygens (including phenoxy) is 1. The lowest BCUT2D eigenvalue weighted by atomic mass is 10.1. The zero-order valence-corrected chi connectivity index (χ0v) is 14.8. The molecule has 130 valence electrons.